The van der Waals surface area contributed by atoms with Gasteiger partial charge in [0.15, 0.2) is 0 Å². The number of aliphatic hydroxyl groups excluding tert-OH is 1. The summed E-state index contributed by atoms with van der Waals surface area (Å²) >= 11 is 0. The molecule has 0 saturated heterocycles. The Balaban J connectivity index is 1.95. The van der Waals surface area contributed by atoms with Gasteiger partial charge in [-0.1, -0.05) is 37.5 Å². The van der Waals surface area contributed by atoms with Crippen molar-refractivity contribution in [3.8, 4) is 0 Å². The molecule has 2 amide bonds. The third-order valence-electron chi connectivity index (χ3n) is 4.31. The molecule has 1 aromatic rings. The highest BCUT2D eigenvalue weighted by molar-refractivity contribution is 6.39. The summed E-state index contributed by atoms with van der Waals surface area (Å²) in [4.78, 5) is 24.1. The monoisotopic (exact) mass is 304 g/mol. The second-order valence-electron chi connectivity index (χ2n) is 5.93. The quantitative estimate of drug-likeness (QED) is 0.590. The lowest BCUT2D eigenvalue weighted by molar-refractivity contribution is -0.137. The van der Waals surface area contributed by atoms with Crippen molar-refractivity contribution in [3.63, 3.8) is 0 Å². The second kappa shape index (κ2) is 7.94. The molecule has 22 heavy (non-hydrogen) atoms. The van der Waals surface area contributed by atoms with Gasteiger partial charge in [-0.05, 0) is 31.4 Å². The highest BCUT2D eigenvalue weighted by Gasteiger charge is 2.26. The molecule has 120 valence electrons. The first-order chi connectivity index (χ1) is 10.6. The number of benzene rings is 1. The van der Waals surface area contributed by atoms with Crippen molar-refractivity contribution >= 4 is 17.5 Å². The molecule has 3 N–H and O–H groups in total. The highest BCUT2D eigenvalue weighted by Crippen LogP contribution is 2.23. The smallest absolute Gasteiger partial charge is 0.313 e. The van der Waals surface area contributed by atoms with Gasteiger partial charge in [0.25, 0.3) is 0 Å². The molecule has 2 rings (SSSR count). The molecule has 1 saturated carbocycles. The Hall–Kier alpha value is -1.88. The number of amides is 2. The normalized spacial score (nSPS) is 21.7. The van der Waals surface area contributed by atoms with E-state index in [9.17, 15) is 14.7 Å². The predicted molar refractivity (Wildman–Crippen MR) is 85.4 cm³/mol. The highest BCUT2D eigenvalue weighted by atomic mass is 16.3. The number of nitrogens with one attached hydrogen (secondary N) is 2. The molecule has 0 aliphatic heterocycles. The van der Waals surface area contributed by atoms with E-state index < -0.39 is 11.8 Å². The van der Waals surface area contributed by atoms with E-state index in [0.29, 0.717) is 5.69 Å². The van der Waals surface area contributed by atoms with E-state index in [1.165, 1.54) is 0 Å². The molecule has 1 aliphatic rings. The molecule has 2 unspecified atom stereocenters. The molecule has 5 heteroatoms. The molecule has 0 radical (unpaired) electrons. The summed E-state index contributed by atoms with van der Waals surface area (Å²) in [6, 6.07) is 7.21. The number of anilines is 1. The standard InChI is InChI=1S/C17H24N2O3/c1-12-7-5-6-9-14(12)18-16(21)17(22)19-15-10-4-2-3-8-13(15)11-20/h5-7,9,13,15,20H,2-4,8,10-11H2,1H3,(H,18,21)(H,19,22). The number of para-hydroxylation sites is 1. The minimum Gasteiger partial charge on any atom is -0.396 e. The molecule has 0 aromatic heterocycles. The lowest BCUT2D eigenvalue weighted by atomic mass is 9.95. The zero-order valence-corrected chi connectivity index (χ0v) is 13.0. The Morgan fingerprint density at radius 2 is 1.86 bits per heavy atom. The van der Waals surface area contributed by atoms with Crippen LogP contribution in [-0.2, 0) is 9.59 Å². The summed E-state index contributed by atoms with van der Waals surface area (Å²) in [5.74, 6) is -1.25. The average Bonchev–Trinajstić information content (AvgIpc) is 2.74. The van der Waals surface area contributed by atoms with Gasteiger partial charge in [0.2, 0.25) is 0 Å². The number of aliphatic hydroxyl groups is 1. The van der Waals surface area contributed by atoms with E-state index in [1.54, 1.807) is 6.07 Å². The van der Waals surface area contributed by atoms with E-state index in [0.717, 1.165) is 37.7 Å². The Kier molecular flexibility index (Phi) is 5.95. The summed E-state index contributed by atoms with van der Waals surface area (Å²) in [6.07, 6.45) is 4.89. The Morgan fingerprint density at radius 1 is 1.14 bits per heavy atom. The van der Waals surface area contributed by atoms with Gasteiger partial charge in [0.1, 0.15) is 0 Å². The molecule has 0 spiro atoms. The van der Waals surface area contributed by atoms with E-state index in [-0.39, 0.29) is 18.6 Å². The van der Waals surface area contributed by atoms with Gasteiger partial charge in [-0.2, -0.15) is 0 Å². The van der Waals surface area contributed by atoms with Gasteiger partial charge in [-0.15, -0.1) is 0 Å². The minimum absolute atomic E-state index is 0.0395. The molecular weight excluding hydrogens is 280 g/mol. The summed E-state index contributed by atoms with van der Waals surface area (Å²) in [5, 5.41) is 14.9. The summed E-state index contributed by atoms with van der Waals surface area (Å²) in [5.41, 5.74) is 1.55. The van der Waals surface area contributed by atoms with Crippen molar-refractivity contribution < 1.29 is 14.7 Å². The van der Waals surface area contributed by atoms with Crippen molar-refractivity contribution in [1.82, 2.24) is 5.32 Å². The predicted octanol–water partition coefficient (Wildman–Crippen LogP) is 1.99. The number of aryl methyl sites for hydroxylation is 1. The van der Waals surface area contributed by atoms with Gasteiger partial charge >= 0.3 is 11.8 Å². The number of hydrogen-bond acceptors (Lipinski definition) is 3. The van der Waals surface area contributed by atoms with E-state index >= 15 is 0 Å². The van der Waals surface area contributed by atoms with Crippen LogP contribution in [0.1, 0.15) is 37.7 Å². The fourth-order valence-electron chi connectivity index (χ4n) is 2.92. The van der Waals surface area contributed by atoms with Crippen LogP contribution in [0.5, 0.6) is 0 Å². The van der Waals surface area contributed by atoms with Gasteiger partial charge in [-0.25, -0.2) is 0 Å². The van der Waals surface area contributed by atoms with Crippen LogP contribution in [0.25, 0.3) is 0 Å². The van der Waals surface area contributed by atoms with Crippen LogP contribution < -0.4 is 10.6 Å². The fraction of sp³-hybridized carbons (Fsp3) is 0.529. The maximum Gasteiger partial charge on any atom is 0.313 e. The molecule has 2 atom stereocenters. The van der Waals surface area contributed by atoms with Crippen molar-refractivity contribution in [2.45, 2.75) is 45.1 Å². The molecular formula is C17H24N2O3. The SMILES string of the molecule is Cc1ccccc1NC(=O)C(=O)NC1CCCCCC1CO. The first-order valence-corrected chi connectivity index (χ1v) is 7.90. The maximum atomic E-state index is 12.1. The van der Waals surface area contributed by atoms with Crippen LogP contribution in [0.3, 0.4) is 0 Å². The van der Waals surface area contributed by atoms with Crippen LogP contribution >= 0.6 is 0 Å². The van der Waals surface area contributed by atoms with Gasteiger partial charge in [-0.3, -0.25) is 9.59 Å². The Morgan fingerprint density at radius 3 is 2.59 bits per heavy atom. The average molecular weight is 304 g/mol. The lowest BCUT2D eigenvalue weighted by Gasteiger charge is -2.24. The van der Waals surface area contributed by atoms with Gasteiger partial charge in [0, 0.05) is 24.3 Å². The second-order valence-corrected chi connectivity index (χ2v) is 5.93. The zero-order valence-electron chi connectivity index (χ0n) is 13.0. The molecule has 1 fully saturated rings. The number of hydrogen-bond donors (Lipinski definition) is 3. The third kappa shape index (κ3) is 4.31. The summed E-state index contributed by atoms with van der Waals surface area (Å²) < 4.78 is 0. The van der Waals surface area contributed by atoms with Crippen LogP contribution in [0, 0.1) is 12.8 Å². The molecule has 0 heterocycles. The lowest BCUT2D eigenvalue weighted by Crippen LogP contribution is -2.45. The van der Waals surface area contributed by atoms with E-state index in [1.807, 2.05) is 25.1 Å². The van der Waals surface area contributed by atoms with Crippen molar-refractivity contribution in [2.24, 2.45) is 5.92 Å². The zero-order chi connectivity index (χ0) is 15.9. The molecule has 1 aromatic carbocycles. The van der Waals surface area contributed by atoms with Crippen LogP contribution in [0.2, 0.25) is 0 Å². The molecule has 0 bridgehead atoms. The summed E-state index contributed by atoms with van der Waals surface area (Å²) in [7, 11) is 0. The van der Waals surface area contributed by atoms with Gasteiger partial charge in [0.05, 0.1) is 0 Å². The van der Waals surface area contributed by atoms with Crippen molar-refractivity contribution in [1.29, 1.82) is 0 Å². The van der Waals surface area contributed by atoms with Gasteiger partial charge < -0.3 is 15.7 Å². The van der Waals surface area contributed by atoms with E-state index in [4.69, 9.17) is 0 Å². The minimum atomic E-state index is -0.657. The first-order valence-electron chi connectivity index (χ1n) is 7.90. The van der Waals surface area contributed by atoms with E-state index in [2.05, 4.69) is 10.6 Å². The third-order valence-corrected chi connectivity index (χ3v) is 4.31. The largest absolute Gasteiger partial charge is 0.396 e. The Labute approximate surface area is 131 Å². The molecule has 1 aliphatic carbocycles. The maximum absolute atomic E-state index is 12.1. The van der Waals surface area contributed by atoms with Crippen LogP contribution in [-0.4, -0.2) is 29.6 Å². The van der Waals surface area contributed by atoms with Crippen molar-refractivity contribution in [3.05, 3.63) is 29.8 Å². The fourth-order valence-corrected chi connectivity index (χ4v) is 2.92. The molecule has 5 nitrogen and oxygen atoms in total. The Bertz CT molecular complexity index is 530. The topological polar surface area (TPSA) is 78.4 Å². The first kappa shape index (κ1) is 16.5. The number of carbonyl (C=O) groups is 2. The van der Waals surface area contributed by atoms with Crippen LogP contribution in [0.15, 0.2) is 24.3 Å². The summed E-state index contributed by atoms with van der Waals surface area (Å²) in [6.45, 7) is 1.92. The van der Waals surface area contributed by atoms with Crippen molar-refractivity contribution in [2.75, 3.05) is 11.9 Å². The number of rotatable bonds is 3. The van der Waals surface area contributed by atoms with Crippen LogP contribution in [0.4, 0.5) is 5.69 Å². The number of carbonyl (C=O) groups excluding carboxylic acids is 2.